The average molecular weight is 308 g/mol. The Bertz CT molecular complexity index is 825. The lowest BCUT2D eigenvalue weighted by molar-refractivity contribution is 0.0950. The maximum atomic E-state index is 12.8. The van der Waals surface area contributed by atoms with Gasteiger partial charge in [0.1, 0.15) is 11.5 Å². The van der Waals surface area contributed by atoms with Crippen LogP contribution in [0.3, 0.4) is 0 Å². The van der Waals surface area contributed by atoms with Crippen LogP contribution in [0.2, 0.25) is 0 Å². The molecule has 0 atom stereocenters. The van der Waals surface area contributed by atoms with Gasteiger partial charge in [-0.3, -0.25) is 9.89 Å². The predicted octanol–water partition coefficient (Wildman–Crippen LogP) is 2.98. The molecule has 2 N–H and O–H groups in total. The largest absolute Gasteiger partial charge is 0.289 e. The molecule has 0 radical (unpaired) electrons. The Morgan fingerprint density at radius 1 is 1.13 bits per heavy atom. The highest BCUT2D eigenvalue weighted by molar-refractivity contribution is 5.94. The van der Waals surface area contributed by atoms with E-state index in [0.717, 1.165) is 5.56 Å². The van der Waals surface area contributed by atoms with Crippen molar-refractivity contribution in [2.75, 3.05) is 0 Å². The SMILES string of the molecule is O=C(N/N=C/c1ccc(F)cc1)c1cc(-c2ccccc2)n[nH]1. The molecule has 23 heavy (non-hydrogen) atoms. The van der Waals surface area contributed by atoms with E-state index in [-0.39, 0.29) is 5.82 Å². The van der Waals surface area contributed by atoms with Gasteiger partial charge in [0.2, 0.25) is 0 Å². The second-order valence-corrected chi connectivity index (χ2v) is 4.78. The summed E-state index contributed by atoms with van der Waals surface area (Å²) in [5.74, 6) is -0.727. The fourth-order valence-electron chi connectivity index (χ4n) is 1.97. The zero-order valence-corrected chi connectivity index (χ0v) is 12.0. The van der Waals surface area contributed by atoms with Crippen LogP contribution in [0.1, 0.15) is 16.1 Å². The number of nitrogens with one attached hydrogen (secondary N) is 2. The maximum Gasteiger partial charge on any atom is 0.289 e. The molecule has 1 heterocycles. The molecule has 6 heteroatoms. The first kappa shape index (κ1) is 14.6. The Morgan fingerprint density at radius 3 is 2.61 bits per heavy atom. The molecule has 0 saturated carbocycles. The van der Waals surface area contributed by atoms with Crippen LogP contribution in [0.15, 0.2) is 65.8 Å². The number of aromatic amines is 1. The molecule has 0 unspecified atom stereocenters. The lowest BCUT2D eigenvalue weighted by Gasteiger charge is -1.96. The van der Waals surface area contributed by atoms with E-state index in [4.69, 9.17) is 0 Å². The van der Waals surface area contributed by atoms with E-state index in [9.17, 15) is 9.18 Å². The molecule has 0 aliphatic heterocycles. The summed E-state index contributed by atoms with van der Waals surface area (Å²) in [4.78, 5) is 12.0. The number of H-pyrrole nitrogens is 1. The van der Waals surface area contributed by atoms with E-state index < -0.39 is 5.91 Å². The minimum Gasteiger partial charge on any atom is -0.272 e. The van der Waals surface area contributed by atoms with Gasteiger partial charge in [-0.2, -0.15) is 10.2 Å². The van der Waals surface area contributed by atoms with Crippen LogP contribution in [0.25, 0.3) is 11.3 Å². The smallest absolute Gasteiger partial charge is 0.272 e. The predicted molar refractivity (Wildman–Crippen MR) is 85.5 cm³/mol. The number of benzene rings is 2. The number of rotatable bonds is 4. The van der Waals surface area contributed by atoms with Crippen LogP contribution in [-0.4, -0.2) is 22.3 Å². The minimum absolute atomic E-state index is 0.306. The number of carbonyl (C=O) groups is 1. The zero-order valence-electron chi connectivity index (χ0n) is 12.0. The summed E-state index contributed by atoms with van der Waals surface area (Å²) >= 11 is 0. The summed E-state index contributed by atoms with van der Waals surface area (Å²) in [5, 5.41) is 10.6. The third-order valence-corrected chi connectivity index (χ3v) is 3.14. The Kier molecular flexibility index (Phi) is 4.24. The number of hydrogen-bond acceptors (Lipinski definition) is 3. The monoisotopic (exact) mass is 308 g/mol. The summed E-state index contributed by atoms with van der Waals surface area (Å²) in [6.07, 6.45) is 1.44. The summed E-state index contributed by atoms with van der Waals surface area (Å²) in [7, 11) is 0. The third-order valence-electron chi connectivity index (χ3n) is 3.14. The number of halogens is 1. The van der Waals surface area contributed by atoms with Crippen LogP contribution < -0.4 is 5.43 Å². The van der Waals surface area contributed by atoms with Crippen molar-refractivity contribution in [3.05, 3.63) is 77.7 Å². The standard InChI is InChI=1S/C17H13FN4O/c18-14-8-6-12(7-9-14)11-19-22-17(23)16-10-15(20-21-16)13-4-2-1-3-5-13/h1-11H,(H,20,21)(H,22,23)/b19-11+. The first-order chi connectivity index (χ1) is 11.2. The van der Waals surface area contributed by atoms with Crippen molar-refractivity contribution in [1.82, 2.24) is 15.6 Å². The Balaban J connectivity index is 1.65. The quantitative estimate of drug-likeness (QED) is 0.574. The van der Waals surface area contributed by atoms with Gasteiger partial charge in [0.15, 0.2) is 0 Å². The summed E-state index contributed by atoms with van der Waals surface area (Å²) < 4.78 is 12.8. The van der Waals surface area contributed by atoms with E-state index in [1.807, 2.05) is 30.3 Å². The van der Waals surface area contributed by atoms with Gasteiger partial charge >= 0.3 is 0 Å². The van der Waals surface area contributed by atoms with Gasteiger partial charge in [0.05, 0.1) is 11.9 Å². The third kappa shape index (κ3) is 3.68. The number of carbonyl (C=O) groups excluding carboxylic acids is 1. The van der Waals surface area contributed by atoms with Crippen molar-refractivity contribution in [2.24, 2.45) is 5.10 Å². The molecule has 0 spiro atoms. The average Bonchev–Trinajstić information content (AvgIpc) is 3.07. The van der Waals surface area contributed by atoms with Crippen molar-refractivity contribution in [3.8, 4) is 11.3 Å². The molecule has 0 saturated heterocycles. The number of hydrazone groups is 1. The fraction of sp³-hybridized carbons (Fsp3) is 0. The number of amides is 1. The lowest BCUT2D eigenvalue weighted by Crippen LogP contribution is -2.17. The molecular weight excluding hydrogens is 295 g/mol. The second kappa shape index (κ2) is 6.65. The normalized spacial score (nSPS) is 10.8. The molecule has 0 aliphatic carbocycles. The van der Waals surface area contributed by atoms with Gasteiger partial charge in [0, 0.05) is 5.56 Å². The van der Waals surface area contributed by atoms with Gasteiger partial charge in [-0.15, -0.1) is 0 Å². The zero-order chi connectivity index (χ0) is 16.1. The van der Waals surface area contributed by atoms with E-state index in [2.05, 4.69) is 20.7 Å². The summed E-state index contributed by atoms with van der Waals surface area (Å²) in [5.41, 5.74) is 4.97. The van der Waals surface area contributed by atoms with Crippen molar-refractivity contribution >= 4 is 12.1 Å². The molecule has 3 aromatic rings. The van der Waals surface area contributed by atoms with Crippen molar-refractivity contribution in [2.45, 2.75) is 0 Å². The van der Waals surface area contributed by atoms with Crippen molar-refractivity contribution in [1.29, 1.82) is 0 Å². The van der Waals surface area contributed by atoms with Gasteiger partial charge in [-0.25, -0.2) is 9.82 Å². The molecule has 0 bridgehead atoms. The van der Waals surface area contributed by atoms with Gasteiger partial charge in [-0.1, -0.05) is 42.5 Å². The molecular formula is C17H13FN4O. The van der Waals surface area contributed by atoms with E-state index in [0.29, 0.717) is 17.0 Å². The Hall–Kier alpha value is -3.28. The number of aromatic nitrogens is 2. The minimum atomic E-state index is -0.405. The molecule has 1 aromatic heterocycles. The van der Waals surface area contributed by atoms with E-state index in [1.165, 1.54) is 18.3 Å². The molecule has 2 aromatic carbocycles. The molecule has 3 rings (SSSR count). The first-order valence-electron chi connectivity index (χ1n) is 6.92. The maximum absolute atomic E-state index is 12.8. The number of hydrogen-bond donors (Lipinski definition) is 2. The van der Waals surface area contributed by atoms with Crippen LogP contribution in [-0.2, 0) is 0 Å². The van der Waals surface area contributed by atoms with E-state index >= 15 is 0 Å². The Morgan fingerprint density at radius 2 is 1.87 bits per heavy atom. The first-order valence-corrected chi connectivity index (χ1v) is 6.92. The second-order valence-electron chi connectivity index (χ2n) is 4.78. The van der Waals surface area contributed by atoms with Crippen LogP contribution in [0.5, 0.6) is 0 Å². The van der Waals surface area contributed by atoms with E-state index in [1.54, 1.807) is 18.2 Å². The Labute approximate surface area is 131 Å². The molecule has 1 amide bonds. The highest BCUT2D eigenvalue weighted by atomic mass is 19.1. The highest BCUT2D eigenvalue weighted by Crippen LogP contribution is 2.16. The van der Waals surface area contributed by atoms with Gasteiger partial charge < -0.3 is 0 Å². The molecule has 0 fully saturated rings. The molecule has 5 nitrogen and oxygen atoms in total. The van der Waals surface area contributed by atoms with Crippen LogP contribution in [0, 0.1) is 5.82 Å². The van der Waals surface area contributed by atoms with Gasteiger partial charge in [0.25, 0.3) is 5.91 Å². The van der Waals surface area contributed by atoms with Crippen LogP contribution >= 0.6 is 0 Å². The summed E-state index contributed by atoms with van der Waals surface area (Å²) in [6, 6.07) is 17.0. The van der Waals surface area contributed by atoms with Crippen LogP contribution in [0.4, 0.5) is 4.39 Å². The molecule has 0 aliphatic rings. The molecule has 114 valence electrons. The fourth-order valence-corrected chi connectivity index (χ4v) is 1.97. The van der Waals surface area contributed by atoms with Gasteiger partial charge in [-0.05, 0) is 23.8 Å². The number of nitrogens with zero attached hydrogens (tertiary/aromatic N) is 2. The topological polar surface area (TPSA) is 70.1 Å². The van der Waals surface area contributed by atoms with Crippen molar-refractivity contribution in [3.63, 3.8) is 0 Å². The van der Waals surface area contributed by atoms with Crippen molar-refractivity contribution < 1.29 is 9.18 Å². The highest BCUT2D eigenvalue weighted by Gasteiger charge is 2.09. The lowest BCUT2D eigenvalue weighted by atomic mass is 10.1. The summed E-state index contributed by atoms with van der Waals surface area (Å²) in [6.45, 7) is 0.